The molecule has 1 heterocycles. The number of hydrogen-bond acceptors (Lipinski definition) is 2. The number of halogens is 1. The molecule has 0 saturated heterocycles. The van der Waals surface area contributed by atoms with Gasteiger partial charge in [0.15, 0.2) is 0 Å². The number of aromatic nitrogens is 2. The second-order valence-electron chi connectivity index (χ2n) is 5.26. The van der Waals surface area contributed by atoms with Gasteiger partial charge in [0.05, 0.1) is 16.7 Å². The molecule has 0 bridgehead atoms. The van der Waals surface area contributed by atoms with Gasteiger partial charge in [0.25, 0.3) is 0 Å². The zero-order valence-corrected chi connectivity index (χ0v) is 12.6. The summed E-state index contributed by atoms with van der Waals surface area (Å²) < 4.78 is 16.6. The second-order valence-corrected chi connectivity index (χ2v) is 5.26. The highest BCUT2D eigenvalue weighted by Gasteiger charge is 2.12. The Balaban J connectivity index is 1.76. The van der Waals surface area contributed by atoms with E-state index in [0.29, 0.717) is 0 Å². The lowest BCUT2D eigenvalue weighted by molar-refractivity contribution is -0.116. The van der Waals surface area contributed by atoms with E-state index >= 15 is 0 Å². The van der Waals surface area contributed by atoms with Crippen LogP contribution in [0.15, 0.2) is 53.3 Å². The molecule has 6 heteroatoms. The van der Waals surface area contributed by atoms with E-state index in [1.807, 2.05) is 24.3 Å². The summed E-state index contributed by atoms with van der Waals surface area (Å²) in [7, 11) is 1.70. The topological polar surface area (TPSA) is 56.0 Å². The van der Waals surface area contributed by atoms with Gasteiger partial charge in [-0.15, -0.1) is 0 Å². The smallest absolute Gasteiger partial charge is 0.324 e. The van der Waals surface area contributed by atoms with Crippen molar-refractivity contribution >= 4 is 22.6 Å². The van der Waals surface area contributed by atoms with Crippen molar-refractivity contribution < 1.29 is 9.18 Å². The van der Waals surface area contributed by atoms with Gasteiger partial charge in [-0.25, -0.2) is 9.18 Å². The third-order valence-corrected chi connectivity index (χ3v) is 3.76. The van der Waals surface area contributed by atoms with E-state index in [1.165, 1.54) is 12.1 Å². The molecule has 0 unspecified atom stereocenters. The maximum absolute atomic E-state index is 13.5. The molecule has 0 radical (unpaired) electrons. The Kier molecular flexibility index (Phi) is 3.97. The van der Waals surface area contributed by atoms with Crippen molar-refractivity contribution in [3.63, 3.8) is 0 Å². The van der Waals surface area contributed by atoms with E-state index < -0.39 is 5.82 Å². The average molecular weight is 313 g/mol. The lowest BCUT2D eigenvalue weighted by Crippen LogP contribution is -2.24. The van der Waals surface area contributed by atoms with Crippen LogP contribution in [-0.2, 0) is 18.4 Å². The highest BCUT2D eigenvalue weighted by Crippen LogP contribution is 2.14. The minimum absolute atomic E-state index is 0.0856. The predicted molar refractivity (Wildman–Crippen MR) is 86.8 cm³/mol. The number of nitrogens with zero attached hydrogens (tertiary/aromatic N) is 2. The van der Waals surface area contributed by atoms with Crippen LogP contribution >= 0.6 is 0 Å². The molecular weight excluding hydrogens is 297 g/mol. The van der Waals surface area contributed by atoms with Gasteiger partial charge in [-0.3, -0.25) is 13.9 Å². The third-order valence-electron chi connectivity index (χ3n) is 3.76. The van der Waals surface area contributed by atoms with Gasteiger partial charge >= 0.3 is 5.69 Å². The minimum atomic E-state index is -0.483. The molecule has 0 spiro atoms. The van der Waals surface area contributed by atoms with Crippen LogP contribution in [0.1, 0.15) is 6.42 Å². The van der Waals surface area contributed by atoms with E-state index in [0.717, 1.165) is 11.0 Å². The molecule has 0 aliphatic carbocycles. The number of para-hydroxylation sites is 3. The van der Waals surface area contributed by atoms with Crippen molar-refractivity contribution in [2.24, 2.45) is 7.05 Å². The summed E-state index contributed by atoms with van der Waals surface area (Å²) in [6.45, 7) is 0.237. The van der Waals surface area contributed by atoms with Crippen LogP contribution < -0.4 is 11.0 Å². The number of hydrogen-bond donors (Lipinski definition) is 1. The molecule has 1 amide bonds. The first-order valence-electron chi connectivity index (χ1n) is 7.26. The van der Waals surface area contributed by atoms with E-state index in [9.17, 15) is 14.0 Å². The highest BCUT2D eigenvalue weighted by molar-refractivity contribution is 5.90. The summed E-state index contributed by atoms with van der Waals surface area (Å²) in [6.07, 6.45) is 0.0856. The van der Waals surface area contributed by atoms with E-state index in [2.05, 4.69) is 5.32 Å². The van der Waals surface area contributed by atoms with Crippen LogP contribution in [0.5, 0.6) is 0 Å². The summed E-state index contributed by atoms with van der Waals surface area (Å²) in [5.74, 6) is -0.821. The fraction of sp³-hybridized carbons (Fsp3) is 0.176. The van der Waals surface area contributed by atoms with Crippen LogP contribution in [0.3, 0.4) is 0 Å². The Labute approximate surface area is 132 Å². The van der Waals surface area contributed by atoms with E-state index in [1.54, 1.807) is 28.3 Å². The first-order valence-corrected chi connectivity index (χ1v) is 7.26. The Bertz CT molecular complexity index is 927. The lowest BCUT2D eigenvalue weighted by Gasteiger charge is -2.07. The molecule has 0 atom stereocenters. The molecule has 2 aromatic carbocycles. The zero-order valence-electron chi connectivity index (χ0n) is 12.6. The van der Waals surface area contributed by atoms with Gasteiger partial charge in [0.1, 0.15) is 5.82 Å². The molecule has 0 fully saturated rings. The highest BCUT2D eigenvalue weighted by atomic mass is 19.1. The number of carbonyl (C=O) groups is 1. The second kappa shape index (κ2) is 6.08. The number of carbonyl (C=O) groups excluding carboxylic acids is 1. The van der Waals surface area contributed by atoms with Crippen LogP contribution in [0.4, 0.5) is 10.1 Å². The molecular formula is C17H16FN3O2. The zero-order chi connectivity index (χ0) is 16.4. The van der Waals surface area contributed by atoms with Gasteiger partial charge in [0, 0.05) is 20.0 Å². The van der Waals surface area contributed by atoms with E-state index in [4.69, 9.17) is 0 Å². The fourth-order valence-electron chi connectivity index (χ4n) is 2.57. The number of rotatable bonds is 4. The molecule has 23 heavy (non-hydrogen) atoms. The summed E-state index contributed by atoms with van der Waals surface area (Å²) >= 11 is 0. The first-order chi connectivity index (χ1) is 11.1. The van der Waals surface area contributed by atoms with Gasteiger partial charge in [-0.05, 0) is 24.3 Å². The number of anilines is 1. The number of fused-ring (bicyclic) bond motifs is 1. The molecule has 0 saturated carbocycles. The SMILES string of the molecule is Cn1c(=O)n(CCC(=O)Nc2ccccc2F)c2ccccc21. The normalized spacial score (nSPS) is 10.9. The standard InChI is InChI=1S/C17H16FN3O2/c1-20-14-8-4-5-9-15(14)21(17(20)23)11-10-16(22)19-13-7-3-2-6-12(13)18/h2-9H,10-11H2,1H3,(H,19,22). The fourth-order valence-corrected chi connectivity index (χ4v) is 2.57. The summed E-state index contributed by atoms with van der Waals surface area (Å²) in [6, 6.07) is 13.4. The van der Waals surface area contributed by atoms with Gasteiger partial charge < -0.3 is 5.32 Å². The predicted octanol–water partition coefficient (Wildman–Crippen LogP) is 2.51. The van der Waals surface area contributed by atoms with Crippen LogP contribution in [0, 0.1) is 5.82 Å². The largest absolute Gasteiger partial charge is 0.328 e. The van der Waals surface area contributed by atoms with Gasteiger partial charge in [-0.2, -0.15) is 0 Å². The molecule has 0 aliphatic heterocycles. The number of benzene rings is 2. The number of nitrogens with one attached hydrogen (secondary N) is 1. The Hall–Kier alpha value is -2.89. The van der Waals surface area contributed by atoms with Crippen molar-refractivity contribution in [2.75, 3.05) is 5.32 Å². The van der Waals surface area contributed by atoms with Gasteiger partial charge in [-0.1, -0.05) is 24.3 Å². The molecule has 3 rings (SSSR count). The van der Waals surface area contributed by atoms with Crippen LogP contribution in [0.25, 0.3) is 11.0 Å². The summed E-state index contributed by atoms with van der Waals surface area (Å²) in [5.41, 5.74) is 1.55. The van der Waals surface area contributed by atoms with E-state index in [-0.39, 0.29) is 30.2 Å². The Morgan fingerprint density at radius 3 is 2.48 bits per heavy atom. The van der Waals surface area contributed by atoms with Crippen molar-refractivity contribution in [3.8, 4) is 0 Å². The average Bonchev–Trinajstić information content (AvgIpc) is 2.80. The molecule has 3 aromatic rings. The monoisotopic (exact) mass is 313 g/mol. The summed E-state index contributed by atoms with van der Waals surface area (Å²) in [4.78, 5) is 24.2. The van der Waals surface area contributed by atoms with Crippen molar-refractivity contribution in [1.82, 2.24) is 9.13 Å². The molecule has 1 N–H and O–H groups in total. The third kappa shape index (κ3) is 2.88. The van der Waals surface area contributed by atoms with Crippen molar-refractivity contribution in [1.29, 1.82) is 0 Å². The maximum Gasteiger partial charge on any atom is 0.328 e. The molecule has 118 valence electrons. The summed E-state index contributed by atoms with van der Waals surface area (Å²) in [5, 5.41) is 2.52. The Morgan fingerprint density at radius 2 is 1.74 bits per heavy atom. The number of aryl methyl sites for hydroxylation is 2. The Morgan fingerprint density at radius 1 is 1.09 bits per heavy atom. The quantitative estimate of drug-likeness (QED) is 0.804. The molecule has 0 aliphatic rings. The number of amides is 1. The lowest BCUT2D eigenvalue weighted by atomic mass is 10.3. The first kappa shape index (κ1) is 15.0. The van der Waals surface area contributed by atoms with Crippen molar-refractivity contribution in [3.05, 3.63) is 64.8 Å². The van der Waals surface area contributed by atoms with Crippen LogP contribution in [0.2, 0.25) is 0 Å². The van der Waals surface area contributed by atoms with Crippen molar-refractivity contribution in [2.45, 2.75) is 13.0 Å². The molecule has 5 nitrogen and oxygen atoms in total. The maximum atomic E-state index is 13.5. The molecule has 1 aromatic heterocycles. The minimum Gasteiger partial charge on any atom is -0.324 e. The van der Waals surface area contributed by atoms with Gasteiger partial charge in [0.2, 0.25) is 5.91 Å². The number of imidazole rings is 1. The van der Waals surface area contributed by atoms with Crippen LogP contribution in [-0.4, -0.2) is 15.0 Å².